The van der Waals surface area contributed by atoms with Crippen LogP contribution in [0.25, 0.3) is 0 Å². The quantitative estimate of drug-likeness (QED) is 0.347. The summed E-state index contributed by atoms with van der Waals surface area (Å²) >= 11 is 0. The first-order chi connectivity index (χ1) is 5.76. The first kappa shape index (κ1) is 11.9. The molecule has 2 unspecified atom stereocenters. The molecule has 0 bridgehead atoms. The van der Waals surface area contributed by atoms with Crippen molar-refractivity contribution in [1.29, 1.82) is 0 Å². The van der Waals surface area contributed by atoms with E-state index in [9.17, 15) is 0 Å². The molecule has 0 spiro atoms. The van der Waals surface area contributed by atoms with Crippen molar-refractivity contribution in [1.82, 2.24) is 5.43 Å². The van der Waals surface area contributed by atoms with Gasteiger partial charge in [-0.3, -0.25) is 11.3 Å². The molecule has 0 aliphatic rings. The predicted octanol–water partition coefficient (Wildman–Crippen LogP) is 1.29. The number of hydrogen-bond donors (Lipinski definition) is 2. The number of nitrogens with one attached hydrogen (secondary N) is 1. The minimum Gasteiger partial charge on any atom is -0.382 e. The van der Waals surface area contributed by atoms with Crippen LogP contribution in [0.4, 0.5) is 0 Å². The van der Waals surface area contributed by atoms with Gasteiger partial charge < -0.3 is 4.74 Å². The Labute approximate surface area is 75.6 Å². The van der Waals surface area contributed by atoms with Gasteiger partial charge in [-0.05, 0) is 19.3 Å². The van der Waals surface area contributed by atoms with Crippen LogP contribution < -0.4 is 11.3 Å². The molecule has 0 aliphatic heterocycles. The van der Waals surface area contributed by atoms with Crippen LogP contribution in [-0.2, 0) is 4.74 Å². The van der Waals surface area contributed by atoms with E-state index in [1.807, 2.05) is 6.92 Å². The van der Waals surface area contributed by atoms with Crippen molar-refractivity contribution in [2.75, 3.05) is 13.2 Å². The smallest absolute Gasteiger partial charge is 0.0481 e. The number of nitrogens with two attached hydrogens (primary N) is 1. The van der Waals surface area contributed by atoms with Crippen molar-refractivity contribution in [2.24, 2.45) is 11.8 Å². The van der Waals surface area contributed by atoms with E-state index < -0.39 is 0 Å². The summed E-state index contributed by atoms with van der Waals surface area (Å²) in [6.07, 6.45) is 2.15. The Morgan fingerprint density at radius 3 is 2.50 bits per heavy atom. The molecule has 3 nitrogen and oxygen atoms in total. The summed E-state index contributed by atoms with van der Waals surface area (Å²) in [5.74, 6) is 6.05. The lowest BCUT2D eigenvalue weighted by atomic mass is 9.97. The lowest BCUT2D eigenvalue weighted by molar-refractivity contribution is 0.129. The Hall–Kier alpha value is -0.120. The van der Waals surface area contributed by atoms with Gasteiger partial charge in [0.25, 0.3) is 0 Å². The molecule has 0 radical (unpaired) electrons. The van der Waals surface area contributed by atoms with Gasteiger partial charge in [0.1, 0.15) is 0 Å². The summed E-state index contributed by atoms with van der Waals surface area (Å²) in [6.45, 7) is 7.98. The minimum absolute atomic E-state index is 0.390. The van der Waals surface area contributed by atoms with Gasteiger partial charge in [0, 0.05) is 19.3 Å². The number of hydrogen-bond acceptors (Lipinski definition) is 3. The number of hydrazine groups is 1. The largest absolute Gasteiger partial charge is 0.382 e. The van der Waals surface area contributed by atoms with Crippen LogP contribution in [-0.4, -0.2) is 19.3 Å². The van der Waals surface area contributed by atoms with Crippen molar-refractivity contribution < 1.29 is 4.74 Å². The fraction of sp³-hybridized carbons (Fsp3) is 1.00. The van der Waals surface area contributed by atoms with Crippen molar-refractivity contribution in [3.05, 3.63) is 0 Å². The molecule has 0 aliphatic carbocycles. The topological polar surface area (TPSA) is 47.3 Å². The molecule has 0 fully saturated rings. The molecule has 12 heavy (non-hydrogen) atoms. The van der Waals surface area contributed by atoms with Gasteiger partial charge in [-0.1, -0.05) is 20.3 Å². The molecule has 0 aromatic carbocycles. The Bertz CT molecular complexity index is 98.5. The highest BCUT2D eigenvalue weighted by molar-refractivity contribution is 4.69. The van der Waals surface area contributed by atoms with Gasteiger partial charge in [-0.25, -0.2) is 0 Å². The van der Waals surface area contributed by atoms with Gasteiger partial charge in [-0.15, -0.1) is 0 Å². The van der Waals surface area contributed by atoms with Gasteiger partial charge in [0.15, 0.2) is 0 Å². The molecule has 0 aromatic heterocycles. The van der Waals surface area contributed by atoms with Crippen LogP contribution in [0.1, 0.15) is 33.6 Å². The molecule has 0 saturated carbocycles. The summed E-state index contributed by atoms with van der Waals surface area (Å²) < 4.78 is 5.26. The molecule has 3 N–H and O–H groups in total. The van der Waals surface area contributed by atoms with Gasteiger partial charge in [0.2, 0.25) is 0 Å². The van der Waals surface area contributed by atoms with Gasteiger partial charge >= 0.3 is 0 Å². The SMILES string of the molecule is CCOCCC(NN)C(C)CC. The summed E-state index contributed by atoms with van der Waals surface area (Å²) in [5, 5.41) is 0. The highest BCUT2D eigenvalue weighted by atomic mass is 16.5. The normalized spacial score (nSPS) is 16.0. The zero-order valence-corrected chi connectivity index (χ0v) is 8.47. The molecule has 0 aromatic rings. The van der Waals surface area contributed by atoms with E-state index in [-0.39, 0.29) is 0 Å². The molecule has 3 heteroatoms. The number of ether oxygens (including phenoxy) is 1. The maximum absolute atomic E-state index is 5.43. The molecule has 0 rings (SSSR count). The van der Waals surface area contributed by atoms with Crippen molar-refractivity contribution in [3.63, 3.8) is 0 Å². The van der Waals surface area contributed by atoms with Crippen LogP contribution in [0.5, 0.6) is 0 Å². The van der Waals surface area contributed by atoms with Gasteiger partial charge in [-0.2, -0.15) is 0 Å². The first-order valence-electron chi connectivity index (χ1n) is 4.80. The lowest BCUT2D eigenvalue weighted by Gasteiger charge is -2.21. The van der Waals surface area contributed by atoms with Crippen molar-refractivity contribution >= 4 is 0 Å². The van der Waals surface area contributed by atoms with E-state index in [2.05, 4.69) is 19.3 Å². The van der Waals surface area contributed by atoms with Crippen LogP contribution in [0.2, 0.25) is 0 Å². The third kappa shape index (κ3) is 4.70. The zero-order valence-electron chi connectivity index (χ0n) is 8.47. The Morgan fingerprint density at radius 2 is 2.08 bits per heavy atom. The van der Waals surface area contributed by atoms with Gasteiger partial charge in [0.05, 0.1) is 0 Å². The monoisotopic (exact) mass is 174 g/mol. The summed E-state index contributed by atoms with van der Waals surface area (Å²) in [6, 6.07) is 0.390. The molecule has 0 amide bonds. The molecular weight excluding hydrogens is 152 g/mol. The fourth-order valence-electron chi connectivity index (χ4n) is 1.17. The third-order valence-corrected chi connectivity index (χ3v) is 2.32. The second-order valence-electron chi connectivity index (χ2n) is 3.14. The second-order valence-corrected chi connectivity index (χ2v) is 3.14. The third-order valence-electron chi connectivity index (χ3n) is 2.32. The highest BCUT2D eigenvalue weighted by Crippen LogP contribution is 2.09. The highest BCUT2D eigenvalue weighted by Gasteiger charge is 2.12. The average molecular weight is 174 g/mol. The molecule has 74 valence electrons. The summed E-state index contributed by atoms with van der Waals surface area (Å²) in [5.41, 5.74) is 2.83. The Kier molecular flexibility index (Phi) is 7.45. The molecular formula is C9H22N2O. The van der Waals surface area contributed by atoms with Crippen LogP contribution in [0, 0.1) is 5.92 Å². The minimum atomic E-state index is 0.390. The zero-order chi connectivity index (χ0) is 9.40. The van der Waals surface area contributed by atoms with E-state index in [1.54, 1.807) is 0 Å². The van der Waals surface area contributed by atoms with E-state index in [0.29, 0.717) is 12.0 Å². The van der Waals surface area contributed by atoms with Crippen molar-refractivity contribution in [3.8, 4) is 0 Å². The van der Waals surface area contributed by atoms with E-state index >= 15 is 0 Å². The summed E-state index contributed by atoms with van der Waals surface area (Å²) in [4.78, 5) is 0. The van der Waals surface area contributed by atoms with Crippen LogP contribution in [0.3, 0.4) is 0 Å². The molecule has 0 heterocycles. The predicted molar refractivity (Wildman–Crippen MR) is 51.7 cm³/mol. The first-order valence-corrected chi connectivity index (χ1v) is 4.80. The standard InChI is InChI=1S/C9H22N2O/c1-4-8(3)9(11-10)6-7-12-5-2/h8-9,11H,4-7,10H2,1-3H3. The fourth-order valence-corrected chi connectivity index (χ4v) is 1.17. The van der Waals surface area contributed by atoms with Crippen LogP contribution in [0.15, 0.2) is 0 Å². The molecule has 2 atom stereocenters. The van der Waals surface area contributed by atoms with E-state index in [0.717, 1.165) is 26.1 Å². The van der Waals surface area contributed by atoms with Crippen LogP contribution >= 0.6 is 0 Å². The lowest BCUT2D eigenvalue weighted by Crippen LogP contribution is -2.40. The summed E-state index contributed by atoms with van der Waals surface area (Å²) in [7, 11) is 0. The Morgan fingerprint density at radius 1 is 1.42 bits per heavy atom. The average Bonchev–Trinajstić information content (AvgIpc) is 2.11. The van der Waals surface area contributed by atoms with E-state index in [4.69, 9.17) is 10.6 Å². The van der Waals surface area contributed by atoms with E-state index in [1.165, 1.54) is 0 Å². The maximum atomic E-state index is 5.43. The Balaban J connectivity index is 3.52. The second kappa shape index (κ2) is 7.53. The van der Waals surface area contributed by atoms with Crippen molar-refractivity contribution in [2.45, 2.75) is 39.7 Å². The molecule has 0 saturated heterocycles. The maximum Gasteiger partial charge on any atom is 0.0481 e. The number of rotatable bonds is 7.